The van der Waals surface area contributed by atoms with Crippen molar-refractivity contribution in [1.82, 2.24) is 9.78 Å². The van der Waals surface area contributed by atoms with Gasteiger partial charge in [-0.05, 0) is 25.1 Å². The first-order chi connectivity index (χ1) is 9.97. The molecule has 21 heavy (non-hydrogen) atoms. The third-order valence-corrected chi connectivity index (χ3v) is 3.32. The van der Waals surface area contributed by atoms with Gasteiger partial charge in [0.25, 0.3) is 0 Å². The maximum atomic E-state index is 10.9. The highest BCUT2D eigenvalue weighted by atomic mass is 16.4. The van der Waals surface area contributed by atoms with E-state index in [0.717, 1.165) is 17.1 Å². The molecule has 0 saturated heterocycles. The number of para-hydroxylation sites is 2. The number of carboxylic acids is 1. The van der Waals surface area contributed by atoms with Crippen molar-refractivity contribution in [3.63, 3.8) is 0 Å². The summed E-state index contributed by atoms with van der Waals surface area (Å²) in [5.74, 6) is -0.823. The van der Waals surface area contributed by atoms with Crippen LogP contribution in [0.3, 0.4) is 0 Å². The summed E-state index contributed by atoms with van der Waals surface area (Å²) in [4.78, 5) is 12.8. The summed E-state index contributed by atoms with van der Waals surface area (Å²) in [6.45, 7) is 2.90. The predicted octanol–water partition coefficient (Wildman–Crippen LogP) is 1.79. The Morgan fingerprint density at radius 1 is 1.43 bits per heavy atom. The van der Waals surface area contributed by atoms with Crippen LogP contribution in [0.15, 0.2) is 30.3 Å². The molecule has 1 aromatic heterocycles. The number of nitrogens with zero attached hydrogens (tertiary/aromatic N) is 3. The summed E-state index contributed by atoms with van der Waals surface area (Å²) in [6.07, 6.45) is 0.0607. The zero-order valence-corrected chi connectivity index (χ0v) is 12.3. The van der Waals surface area contributed by atoms with Crippen molar-refractivity contribution in [2.75, 3.05) is 17.2 Å². The van der Waals surface area contributed by atoms with Gasteiger partial charge in [0.15, 0.2) is 0 Å². The molecule has 1 heterocycles. The molecule has 1 aromatic carbocycles. The Bertz CT molecular complexity index is 636. The second-order valence-corrected chi connectivity index (χ2v) is 5.02. The van der Waals surface area contributed by atoms with E-state index in [0.29, 0.717) is 18.8 Å². The molecular formula is C15H20N4O2. The van der Waals surface area contributed by atoms with Gasteiger partial charge >= 0.3 is 5.97 Å². The Morgan fingerprint density at radius 3 is 2.71 bits per heavy atom. The molecule has 0 unspecified atom stereocenters. The van der Waals surface area contributed by atoms with Gasteiger partial charge in [0.2, 0.25) is 0 Å². The van der Waals surface area contributed by atoms with E-state index < -0.39 is 5.97 Å². The lowest BCUT2D eigenvalue weighted by Gasteiger charge is -2.25. The number of carbonyl (C=O) groups is 1. The minimum atomic E-state index is -0.823. The molecule has 3 N–H and O–H groups in total. The zero-order valence-electron chi connectivity index (χ0n) is 12.3. The quantitative estimate of drug-likeness (QED) is 0.792. The Labute approximate surface area is 123 Å². The van der Waals surface area contributed by atoms with Crippen molar-refractivity contribution in [2.45, 2.75) is 19.9 Å². The van der Waals surface area contributed by atoms with Gasteiger partial charge in [-0.2, -0.15) is 5.10 Å². The van der Waals surface area contributed by atoms with Crippen molar-refractivity contribution < 1.29 is 9.90 Å². The van der Waals surface area contributed by atoms with Crippen LogP contribution in [0.5, 0.6) is 0 Å². The largest absolute Gasteiger partial charge is 0.481 e. The van der Waals surface area contributed by atoms with Crippen LogP contribution in [-0.4, -0.2) is 27.4 Å². The molecule has 0 bridgehead atoms. The third-order valence-electron chi connectivity index (χ3n) is 3.32. The lowest BCUT2D eigenvalue weighted by molar-refractivity contribution is -0.136. The van der Waals surface area contributed by atoms with E-state index >= 15 is 0 Å². The van der Waals surface area contributed by atoms with Crippen LogP contribution in [0.25, 0.3) is 0 Å². The van der Waals surface area contributed by atoms with Crippen LogP contribution >= 0.6 is 0 Å². The molecule has 6 heteroatoms. The van der Waals surface area contributed by atoms with E-state index in [1.54, 1.807) is 0 Å². The second kappa shape index (κ2) is 6.30. The standard InChI is InChI=1S/C15H20N4O2/c1-11-9-12(18(2)17-11)10-19(8-7-15(20)21)14-6-4-3-5-13(14)16/h3-6,9H,7-8,10,16H2,1-2H3,(H,20,21). The Kier molecular flexibility index (Phi) is 4.47. The smallest absolute Gasteiger partial charge is 0.305 e. The Morgan fingerprint density at radius 2 is 2.14 bits per heavy atom. The maximum absolute atomic E-state index is 10.9. The lowest BCUT2D eigenvalue weighted by atomic mass is 10.2. The monoisotopic (exact) mass is 288 g/mol. The number of nitrogen functional groups attached to an aromatic ring is 1. The molecule has 2 rings (SSSR count). The number of aryl methyl sites for hydroxylation is 2. The van der Waals surface area contributed by atoms with Crippen LogP contribution in [0.1, 0.15) is 17.8 Å². The molecule has 0 aliphatic rings. The highest BCUT2D eigenvalue weighted by molar-refractivity contribution is 5.70. The summed E-state index contributed by atoms with van der Waals surface area (Å²) in [7, 11) is 1.88. The first kappa shape index (κ1) is 14.9. The predicted molar refractivity (Wildman–Crippen MR) is 82.1 cm³/mol. The van der Waals surface area contributed by atoms with Crippen molar-refractivity contribution >= 4 is 17.3 Å². The van der Waals surface area contributed by atoms with Gasteiger partial charge in [0.1, 0.15) is 0 Å². The van der Waals surface area contributed by atoms with Crippen molar-refractivity contribution in [3.05, 3.63) is 41.7 Å². The van der Waals surface area contributed by atoms with Crippen LogP contribution in [0.2, 0.25) is 0 Å². The molecule has 0 saturated carbocycles. The van der Waals surface area contributed by atoms with E-state index in [2.05, 4.69) is 5.10 Å². The summed E-state index contributed by atoms with van der Waals surface area (Å²) < 4.78 is 1.81. The van der Waals surface area contributed by atoms with Gasteiger partial charge in [-0.1, -0.05) is 12.1 Å². The molecule has 0 atom stereocenters. The van der Waals surface area contributed by atoms with Crippen LogP contribution in [0, 0.1) is 6.92 Å². The van der Waals surface area contributed by atoms with Gasteiger partial charge in [0, 0.05) is 13.6 Å². The van der Waals surface area contributed by atoms with Crippen molar-refractivity contribution in [2.24, 2.45) is 7.05 Å². The van der Waals surface area contributed by atoms with Crippen molar-refractivity contribution in [3.8, 4) is 0 Å². The van der Waals surface area contributed by atoms with Gasteiger partial charge in [-0.25, -0.2) is 0 Å². The number of carboxylic acid groups (broad SMARTS) is 1. The SMILES string of the molecule is Cc1cc(CN(CCC(=O)O)c2ccccc2N)n(C)n1. The molecular weight excluding hydrogens is 268 g/mol. The second-order valence-electron chi connectivity index (χ2n) is 5.02. The van der Waals surface area contributed by atoms with E-state index in [1.807, 2.05) is 53.9 Å². The Hall–Kier alpha value is -2.50. The summed E-state index contributed by atoms with van der Waals surface area (Å²) in [5.41, 5.74) is 9.45. The minimum Gasteiger partial charge on any atom is -0.481 e. The number of hydrogen-bond donors (Lipinski definition) is 2. The third kappa shape index (κ3) is 3.75. The lowest BCUT2D eigenvalue weighted by Crippen LogP contribution is -2.27. The molecule has 112 valence electrons. The summed E-state index contributed by atoms with van der Waals surface area (Å²) in [5, 5.41) is 13.2. The molecule has 0 radical (unpaired) electrons. The molecule has 2 aromatic rings. The summed E-state index contributed by atoms with van der Waals surface area (Å²) in [6, 6.07) is 9.47. The van der Waals surface area contributed by atoms with Crippen LogP contribution in [-0.2, 0) is 18.4 Å². The van der Waals surface area contributed by atoms with E-state index in [-0.39, 0.29) is 6.42 Å². The first-order valence-electron chi connectivity index (χ1n) is 6.78. The van der Waals surface area contributed by atoms with Crippen LogP contribution < -0.4 is 10.6 Å². The fraction of sp³-hybridized carbons (Fsp3) is 0.333. The molecule has 0 amide bonds. The van der Waals surface area contributed by atoms with Gasteiger partial charge in [-0.15, -0.1) is 0 Å². The molecule has 0 aliphatic carbocycles. The maximum Gasteiger partial charge on any atom is 0.305 e. The molecule has 0 fully saturated rings. The number of rotatable bonds is 6. The number of aliphatic carboxylic acids is 1. The van der Waals surface area contributed by atoms with E-state index in [4.69, 9.17) is 10.8 Å². The molecule has 0 spiro atoms. The van der Waals surface area contributed by atoms with E-state index in [9.17, 15) is 4.79 Å². The summed E-state index contributed by atoms with van der Waals surface area (Å²) >= 11 is 0. The highest BCUT2D eigenvalue weighted by Gasteiger charge is 2.14. The Balaban J connectivity index is 2.26. The number of benzene rings is 1. The van der Waals surface area contributed by atoms with Gasteiger partial charge < -0.3 is 15.7 Å². The molecule has 0 aliphatic heterocycles. The van der Waals surface area contributed by atoms with Gasteiger partial charge in [0.05, 0.1) is 35.7 Å². The van der Waals surface area contributed by atoms with E-state index in [1.165, 1.54) is 0 Å². The van der Waals surface area contributed by atoms with Crippen molar-refractivity contribution in [1.29, 1.82) is 0 Å². The number of hydrogen-bond acceptors (Lipinski definition) is 4. The topological polar surface area (TPSA) is 84.4 Å². The van der Waals surface area contributed by atoms with Crippen LogP contribution in [0.4, 0.5) is 11.4 Å². The highest BCUT2D eigenvalue weighted by Crippen LogP contribution is 2.24. The zero-order chi connectivity index (χ0) is 15.4. The van der Waals surface area contributed by atoms with Gasteiger partial charge in [-0.3, -0.25) is 9.48 Å². The molecule has 6 nitrogen and oxygen atoms in total. The fourth-order valence-electron chi connectivity index (χ4n) is 2.30. The number of nitrogens with two attached hydrogens (primary N) is 1. The normalized spacial score (nSPS) is 10.6. The average molecular weight is 288 g/mol. The fourth-order valence-corrected chi connectivity index (χ4v) is 2.30. The number of anilines is 2. The minimum absolute atomic E-state index is 0.0607. The first-order valence-corrected chi connectivity index (χ1v) is 6.78. The number of aromatic nitrogens is 2. The average Bonchev–Trinajstić information content (AvgIpc) is 2.73.